The average molecular weight is 841 g/mol. The normalized spacial score (nSPS) is 11.8. The minimum absolute atomic E-state index is 0.469. The Kier molecular flexibility index (Phi) is 8.99. The maximum absolute atomic E-state index is 13.7. The van der Waals surface area contributed by atoms with E-state index >= 15 is 0 Å². The second-order valence-corrected chi connectivity index (χ2v) is 14.0. The summed E-state index contributed by atoms with van der Waals surface area (Å²) in [5.41, 5.74) is -10.8. The number of hydrogen-bond donors (Lipinski definition) is 12. The van der Waals surface area contributed by atoms with E-state index in [4.69, 9.17) is 17.7 Å². The van der Waals surface area contributed by atoms with Crippen molar-refractivity contribution in [3.8, 4) is 69.0 Å². The van der Waals surface area contributed by atoms with E-state index in [1.165, 1.54) is 0 Å². The van der Waals surface area contributed by atoms with Gasteiger partial charge >= 0.3 is 22.5 Å². The molecule has 0 bridgehead atoms. The summed E-state index contributed by atoms with van der Waals surface area (Å²) in [5.74, 6) is -13.3. The van der Waals surface area contributed by atoms with Crippen molar-refractivity contribution < 1.29 is 78.9 Å². The third kappa shape index (κ3) is 6.25. The SMILES string of the molecule is O=c1oc2cc(O)cc(O)c2c(O)c1C(CCCC(c1c(O)c2c(O)cc(O)cc2oc1=O)c1c(O)c2c(O)cc(O)cc2oc1=O)c1c(O)c2c(O)cc(O)cc2oc1=O. The van der Waals surface area contributed by atoms with Gasteiger partial charge in [0.2, 0.25) is 0 Å². The van der Waals surface area contributed by atoms with E-state index in [2.05, 4.69) is 0 Å². The van der Waals surface area contributed by atoms with Crippen LogP contribution in [0.1, 0.15) is 53.4 Å². The lowest BCUT2D eigenvalue weighted by atomic mass is 9.82. The minimum atomic E-state index is -1.86. The van der Waals surface area contributed by atoms with Crippen molar-refractivity contribution in [2.45, 2.75) is 31.1 Å². The molecule has 0 spiro atoms. The molecule has 0 unspecified atom stereocenters. The second-order valence-electron chi connectivity index (χ2n) is 14.0. The van der Waals surface area contributed by atoms with E-state index in [0.717, 1.165) is 48.5 Å². The van der Waals surface area contributed by atoms with Crippen LogP contribution in [-0.2, 0) is 0 Å². The Balaban J connectivity index is 1.36. The highest BCUT2D eigenvalue weighted by atomic mass is 16.4. The van der Waals surface area contributed by atoms with Gasteiger partial charge in [-0.3, -0.25) is 0 Å². The number of rotatable bonds is 8. The first-order chi connectivity index (χ1) is 28.9. The zero-order valence-electron chi connectivity index (χ0n) is 30.5. The summed E-state index contributed by atoms with van der Waals surface area (Å²) in [6.07, 6.45) is -1.69. The predicted octanol–water partition coefficient (Wildman–Crippen LogP) is 4.71. The Bertz CT molecular complexity index is 2980. The number of benzene rings is 4. The van der Waals surface area contributed by atoms with E-state index in [0.29, 0.717) is 0 Å². The van der Waals surface area contributed by atoms with Gasteiger partial charge in [0, 0.05) is 60.4 Å². The van der Waals surface area contributed by atoms with Gasteiger partial charge < -0.3 is 78.9 Å². The molecule has 20 nitrogen and oxygen atoms in total. The molecule has 0 saturated heterocycles. The topological polar surface area (TPSA) is 364 Å². The van der Waals surface area contributed by atoms with Crippen LogP contribution in [0.3, 0.4) is 0 Å². The first kappa shape index (κ1) is 39.2. The van der Waals surface area contributed by atoms with Crippen LogP contribution >= 0.6 is 0 Å². The van der Waals surface area contributed by atoms with Crippen molar-refractivity contribution in [1.82, 2.24) is 0 Å². The van der Waals surface area contributed by atoms with Gasteiger partial charge in [0.1, 0.15) is 113 Å². The van der Waals surface area contributed by atoms with Crippen LogP contribution < -0.4 is 22.5 Å². The predicted molar refractivity (Wildman–Crippen MR) is 207 cm³/mol. The quantitative estimate of drug-likeness (QED) is 0.0921. The fraction of sp³-hybridized carbons (Fsp3) is 0.122. The van der Waals surface area contributed by atoms with Crippen LogP contribution in [0.4, 0.5) is 0 Å². The van der Waals surface area contributed by atoms with E-state index in [-0.39, 0.29) is 0 Å². The van der Waals surface area contributed by atoms with Gasteiger partial charge in [0.15, 0.2) is 0 Å². The smallest absolute Gasteiger partial charge is 0.343 e. The van der Waals surface area contributed by atoms with Crippen LogP contribution in [0.2, 0.25) is 0 Å². The van der Waals surface area contributed by atoms with Crippen molar-refractivity contribution in [3.63, 3.8) is 0 Å². The lowest BCUT2D eigenvalue weighted by Crippen LogP contribution is -2.22. The second kappa shape index (κ2) is 14.0. The van der Waals surface area contributed by atoms with Gasteiger partial charge in [0.05, 0.1) is 22.3 Å². The van der Waals surface area contributed by atoms with Gasteiger partial charge in [-0.15, -0.1) is 0 Å². The summed E-state index contributed by atoms with van der Waals surface area (Å²) in [4.78, 5) is 54.9. The Hall–Kier alpha value is -8.68. The standard InChI is InChI=1S/C41H28O20/c42-12-4-18(46)30-22(8-12)58-38(54)26(34(30)50)16(27-35(51)31-19(47)5-13(43)9-23(31)59-39(27)55)2-1-3-17(28-36(52)32-20(48)6-14(44)10-24(32)60-40(28)56)29-37(53)33-21(49)7-15(45)11-25(33)61-41(29)57/h4-11,16-17,42-53H,1-3H2. The molecule has 0 fully saturated rings. The molecule has 0 aliphatic rings. The molecule has 8 rings (SSSR count). The molecule has 4 aromatic carbocycles. The number of aromatic hydroxyl groups is 12. The average Bonchev–Trinajstić information content (AvgIpc) is 3.12. The molecule has 20 heteroatoms. The fourth-order valence-corrected chi connectivity index (χ4v) is 7.79. The molecular formula is C41H28O20. The summed E-state index contributed by atoms with van der Waals surface area (Å²) in [7, 11) is 0. The highest BCUT2D eigenvalue weighted by Gasteiger charge is 2.36. The first-order valence-corrected chi connectivity index (χ1v) is 17.7. The minimum Gasteiger partial charge on any atom is -0.508 e. The summed E-state index contributed by atoms with van der Waals surface area (Å²) in [5, 5.41) is 127. The Morgan fingerprint density at radius 2 is 0.557 bits per heavy atom. The molecule has 0 saturated carbocycles. The molecule has 0 aliphatic heterocycles. The maximum Gasteiger partial charge on any atom is 0.343 e. The zero-order valence-corrected chi connectivity index (χ0v) is 30.5. The summed E-state index contributed by atoms with van der Waals surface area (Å²) >= 11 is 0. The molecule has 0 aliphatic carbocycles. The van der Waals surface area contributed by atoms with Crippen molar-refractivity contribution in [2.75, 3.05) is 0 Å². The number of hydrogen-bond acceptors (Lipinski definition) is 20. The first-order valence-electron chi connectivity index (χ1n) is 17.7. The van der Waals surface area contributed by atoms with E-state index in [9.17, 15) is 80.5 Å². The molecular weight excluding hydrogens is 812 g/mol. The molecule has 4 aromatic heterocycles. The number of phenols is 8. The van der Waals surface area contributed by atoms with Crippen molar-refractivity contribution in [1.29, 1.82) is 0 Å². The van der Waals surface area contributed by atoms with E-state index < -0.39 is 189 Å². The Morgan fingerprint density at radius 1 is 0.344 bits per heavy atom. The number of phenolic OH excluding ortho intramolecular Hbond substituents is 8. The van der Waals surface area contributed by atoms with Gasteiger partial charge in [-0.25, -0.2) is 19.2 Å². The monoisotopic (exact) mass is 840 g/mol. The molecule has 0 amide bonds. The van der Waals surface area contributed by atoms with Crippen LogP contribution in [0.15, 0.2) is 85.4 Å². The molecule has 8 aromatic rings. The molecule has 4 heterocycles. The molecule has 61 heavy (non-hydrogen) atoms. The molecule has 0 radical (unpaired) electrons. The van der Waals surface area contributed by atoms with Gasteiger partial charge in [-0.05, 0) is 12.8 Å². The maximum atomic E-state index is 13.7. The zero-order chi connectivity index (χ0) is 43.9. The third-order valence-electron chi connectivity index (χ3n) is 10.3. The lowest BCUT2D eigenvalue weighted by Gasteiger charge is -2.22. The highest BCUT2D eigenvalue weighted by Crippen LogP contribution is 2.49. The van der Waals surface area contributed by atoms with Crippen molar-refractivity contribution in [3.05, 3.63) is 112 Å². The van der Waals surface area contributed by atoms with Crippen LogP contribution in [0.5, 0.6) is 69.0 Å². The summed E-state index contributed by atoms with van der Waals surface area (Å²) in [6.45, 7) is 0. The third-order valence-corrected chi connectivity index (χ3v) is 10.3. The Labute approximate surface area is 335 Å². The summed E-state index contributed by atoms with van der Waals surface area (Å²) in [6, 6.07) is 6.69. The van der Waals surface area contributed by atoms with Crippen molar-refractivity contribution in [2.24, 2.45) is 0 Å². The van der Waals surface area contributed by atoms with Crippen molar-refractivity contribution >= 4 is 43.9 Å². The molecule has 312 valence electrons. The van der Waals surface area contributed by atoms with E-state index in [1.807, 2.05) is 0 Å². The van der Waals surface area contributed by atoms with Gasteiger partial charge in [-0.1, -0.05) is 6.42 Å². The Morgan fingerprint density at radius 3 is 0.770 bits per heavy atom. The van der Waals surface area contributed by atoms with Crippen LogP contribution in [-0.4, -0.2) is 61.3 Å². The largest absolute Gasteiger partial charge is 0.508 e. The van der Waals surface area contributed by atoms with Crippen LogP contribution in [0, 0.1) is 0 Å². The molecule has 12 N–H and O–H groups in total. The summed E-state index contributed by atoms with van der Waals surface area (Å²) < 4.78 is 21.2. The van der Waals surface area contributed by atoms with Gasteiger partial charge in [0.25, 0.3) is 0 Å². The fourth-order valence-electron chi connectivity index (χ4n) is 7.79. The molecule has 0 atom stereocenters. The van der Waals surface area contributed by atoms with E-state index in [1.54, 1.807) is 0 Å². The van der Waals surface area contributed by atoms with Gasteiger partial charge in [-0.2, -0.15) is 0 Å². The lowest BCUT2D eigenvalue weighted by molar-refractivity contribution is 0.411. The number of fused-ring (bicyclic) bond motifs is 4. The highest BCUT2D eigenvalue weighted by molar-refractivity contribution is 5.95. The van der Waals surface area contributed by atoms with Crippen LogP contribution in [0.25, 0.3) is 43.9 Å².